The number of hydrogen-bond donors (Lipinski definition) is 1. The third-order valence-electron chi connectivity index (χ3n) is 3.74. The number of carbonyl (C=O) groups is 1. The minimum absolute atomic E-state index is 0.169. The lowest BCUT2D eigenvalue weighted by atomic mass is 10.1. The van der Waals surface area contributed by atoms with Gasteiger partial charge in [0.25, 0.3) is 0 Å². The molecule has 0 radical (unpaired) electrons. The fourth-order valence-electron chi connectivity index (χ4n) is 2.26. The fourth-order valence-corrected chi connectivity index (χ4v) is 3.02. The van der Waals surface area contributed by atoms with Gasteiger partial charge in [-0.2, -0.15) is 4.62 Å². The molecule has 1 unspecified atom stereocenters. The molecule has 1 rings (SSSR count). The first-order valence-corrected chi connectivity index (χ1v) is 10.4. The van der Waals surface area contributed by atoms with Gasteiger partial charge in [0.1, 0.15) is 0 Å². The molecule has 0 aliphatic rings. The Morgan fingerprint density at radius 3 is 2.44 bits per heavy atom. The molecule has 0 heterocycles. The first-order valence-electron chi connectivity index (χ1n) is 8.91. The van der Waals surface area contributed by atoms with Crippen molar-refractivity contribution in [1.29, 1.82) is 0 Å². The highest BCUT2D eigenvalue weighted by Gasteiger charge is 2.26. The highest BCUT2D eigenvalue weighted by atomic mass is 31.2. The summed E-state index contributed by atoms with van der Waals surface area (Å²) in [6, 6.07) is 9.66. The van der Waals surface area contributed by atoms with Crippen LogP contribution >= 0.6 is 7.82 Å². The Balaban J connectivity index is 2.20. The van der Waals surface area contributed by atoms with Crippen LogP contribution < -0.4 is 5.48 Å². The average Bonchev–Trinajstić information content (AvgIpc) is 2.64. The molecule has 1 atom stereocenters. The fraction of sp³-hybridized carbons (Fsp3) is 0.611. The molecule has 0 bridgehead atoms. The number of hydroxylamine groups is 1. The summed E-state index contributed by atoms with van der Waals surface area (Å²) in [7, 11) is -2.55. The summed E-state index contributed by atoms with van der Waals surface area (Å²) >= 11 is 0. The Hall–Kier alpha value is -1.20. The third-order valence-corrected chi connectivity index (χ3v) is 5.00. The van der Waals surface area contributed by atoms with E-state index in [1.807, 2.05) is 30.3 Å². The van der Waals surface area contributed by atoms with Gasteiger partial charge < -0.3 is 0 Å². The van der Waals surface area contributed by atoms with Crippen molar-refractivity contribution < 1.29 is 23.0 Å². The maximum atomic E-state index is 12.2. The van der Waals surface area contributed by atoms with Crippen LogP contribution in [-0.4, -0.2) is 19.6 Å². The molecule has 0 saturated heterocycles. The van der Waals surface area contributed by atoms with E-state index in [4.69, 9.17) is 13.7 Å². The van der Waals surface area contributed by atoms with Crippen LogP contribution in [0.4, 0.5) is 0 Å². The van der Waals surface area contributed by atoms with Crippen molar-refractivity contribution in [3.05, 3.63) is 35.9 Å². The summed E-state index contributed by atoms with van der Waals surface area (Å²) in [5.41, 5.74) is 3.23. The van der Waals surface area contributed by atoms with Crippen LogP contribution in [0.3, 0.4) is 0 Å². The molecule has 1 aromatic carbocycles. The maximum Gasteiger partial charge on any atom is 0.496 e. The van der Waals surface area contributed by atoms with Gasteiger partial charge in [0, 0.05) is 13.5 Å². The van der Waals surface area contributed by atoms with E-state index in [2.05, 4.69) is 12.4 Å². The Morgan fingerprint density at radius 2 is 1.76 bits per heavy atom. The number of phosphoric ester groups is 1. The Bertz CT molecular complexity index is 523. The molecule has 1 N–H and O–H groups in total. The van der Waals surface area contributed by atoms with E-state index in [1.165, 1.54) is 26.4 Å². The second kappa shape index (κ2) is 13.1. The summed E-state index contributed by atoms with van der Waals surface area (Å²) in [4.78, 5) is 11.7. The summed E-state index contributed by atoms with van der Waals surface area (Å²) in [6.45, 7) is 2.34. The van der Waals surface area contributed by atoms with E-state index >= 15 is 0 Å². The molecule has 7 heteroatoms. The van der Waals surface area contributed by atoms with Crippen LogP contribution in [0.2, 0.25) is 0 Å². The topological polar surface area (TPSA) is 73.9 Å². The van der Waals surface area contributed by atoms with Crippen LogP contribution in [0.1, 0.15) is 57.4 Å². The van der Waals surface area contributed by atoms with Gasteiger partial charge in [0.05, 0.1) is 6.61 Å². The number of benzene rings is 1. The first kappa shape index (κ1) is 21.8. The summed E-state index contributed by atoms with van der Waals surface area (Å²) < 4.78 is 27.1. The van der Waals surface area contributed by atoms with Gasteiger partial charge in [-0.15, -0.1) is 0 Å². The zero-order valence-electron chi connectivity index (χ0n) is 15.2. The molecule has 1 aromatic rings. The number of phosphoric acid groups is 1. The molecule has 0 fully saturated rings. The van der Waals surface area contributed by atoms with Crippen LogP contribution in [0.15, 0.2) is 30.3 Å². The number of rotatable bonds is 14. The number of nitrogens with one attached hydrogen (secondary N) is 1. The molecule has 0 spiro atoms. The smallest absolute Gasteiger partial charge is 0.289 e. The maximum absolute atomic E-state index is 12.2. The van der Waals surface area contributed by atoms with E-state index in [0.717, 1.165) is 24.8 Å². The van der Waals surface area contributed by atoms with Crippen molar-refractivity contribution in [1.82, 2.24) is 5.48 Å². The lowest BCUT2D eigenvalue weighted by Gasteiger charge is -2.15. The molecule has 0 aliphatic heterocycles. The van der Waals surface area contributed by atoms with E-state index in [0.29, 0.717) is 12.8 Å². The van der Waals surface area contributed by atoms with Gasteiger partial charge >= 0.3 is 7.82 Å². The zero-order chi connectivity index (χ0) is 18.4. The number of unbranched alkanes of at least 4 members (excludes halogenated alkanes) is 5. The highest BCUT2D eigenvalue weighted by molar-refractivity contribution is 7.48. The van der Waals surface area contributed by atoms with Gasteiger partial charge in [-0.05, 0) is 18.4 Å². The summed E-state index contributed by atoms with van der Waals surface area (Å²) in [5, 5.41) is 0. The lowest BCUT2D eigenvalue weighted by Crippen LogP contribution is -2.23. The zero-order valence-corrected chi connectivity index (χ0v) is 16.1. The van der Waals surface area contributed by atoms with Gasteiger partial charge in [0.15, 0.2) is 0 Å². The third kappa shape index (κ3) is 10.4. The van der Waals surface area contributed by atoms with E-state index in [-0.39, 0.29) is 12.5 Å². The summed E-state index contributed by atoms with van der Waals surface area (Å²) in [6.07, 6.45) is 7.44. The molecular weight excluding hydrogens is 341 g/mol. The molecule has 142 valence electrons. The van der Waals surface area contributed by atoms with Gasteiger partial charge in [-0.3, -0.25) is 13.8 Å². The Morgan fingerprint density at radius 1 is 1.08 bits per heavy atom. The molecule has 6 nitrogen and oxygen atoms in total. The molecule has 0 aromatic heterocycles. The average molecular weight is 371 g/mol. The van der Waals surface area contributed by atoms with Crippen LogP contribution in [0.5, 0.6) is 0 Å². The van der Waals surface area contributed by atoms with Crippen molar-refractivity contribution in [2.24, 2.45) is 0 Å². The minimum Gasteiger partial charge on any atom is -0.289 e. The minimum atomic E-state index is -3.78. The van der Waals surface area contributed by atoms with Crippen LogP contribution in [-0.2, 0) is 29.5 Å². The predicted octanol–water partition coefficient (Wildman–Crippen LogP) is 4.80. The van der Waals surface area contributed by atoms with Gasteiger partial charge in [0.2, 0.25) is 5.91 Å². The van der Waals surface area contributed by atoms with E-state index < -0.39 is 7.82 Å². The molecule has 0 saturated carbocycles. The molecule has 1 amide bonds. The summed E-state index contributed by atoms with van der Waals surface area (Å²) in [5.74, 6) is -0.320. The van der Waals surface area contributed by atoms with Crippen molar-refractivity contribution >= 4 is 13.7 Å². The largest absolute Gasteiger partial charge is 0.496 e. The van der Waals surface area contributed by atoms with Crippen molar-refractivity contribution in [3.8, 4) is 0 Å². The highest BCUT2D eigenvalue weighted by Crippen LogP contribution is 2.47. The lowest BCUT2D eigenvalue weighted by molar-refractivity contribution is -0.129. The second-order valence-corrected chi connectivity index (χ2v) is 7.53. The SMILES string of the molecule is CCCCCCCCC(=O)NOP(=O)(OC)OCCc1ccccc1. The number of amides is 1. The quantitative estimate of drug-likeness (QED) is 0.289. The molecule has 25 heavy (non-hydrogen) atoms. The van der Waals surface area contributed by atoms with Gasteiger partial charge in [-0.25, -0.2) is 10.0 Å². The molecular formula is C18H30NO5P. The Kier molecular flexibility index (Phi) is 11.4. The predicted molar refractivity (Wildman–Crippen MR) is 97.9 cm³/mol. The van der Waals surface area contributed by atoms with Gasteiger partial charge in [-0.1, -0.05) is 69.4 Å². The van der Waals surface area contributed by atoms with Crippen LogP contribution in [0.25, 0.3) is 0 Å². The Labute approximate surface area is 150 Å². The molecule has 0 aliphatic carbocycles. The van der Waals surface area contributed by atoms with Crippen molar-refractivity contribution in [3.63, 3.8) is 0 Å². The monoisotopic (exact) mass is 371 g/mol. The number of carbonyl (C=O) groups excluding carboxylic acids is 1. The van der Waals surface area contributed by atoms with E-state index in [9.17, 15) is 9.36 Å². The van der Waals surface area contributed by atoms with E-state index in [1.54, 1.807) is 0 Å². The normalized spacial score (nSPS) is 13.4. The van der Waals surface area contributed by atoms with Crippen molar-refractivity contribution in [2.45, 2.75) is 58.3 Å². The van der Waals surface area contributed by atoms with Crippen molar-refractivity contribution in [2.75, 3.05) is 13.7 Å². The standard InChI is InChI=1S/C18H30NO5P/c1-3-4-5-6-7-11-14-18(20)19-24-25(21,22-2)23-16-15-17-12-9-8-10-13-17/h8-10,12-13H,3-7,11,14-16H2,1-2H3,(H,19,20). The second-order valence-electron chi connectivity index (χ2n) is 5.83. The first-order chi connectivity index (χ1) is 12.1. The van der Waals surface area contributed by atoms with Crippen LogP contribution in [0, 0.1) is 0 Å². The number of hydrogen-bond acceptors (Lipinski definition) is 5.